The molecule has 0 saturated carbocycles. The van der Waals surface area contributed by atoms with E-state index in [9.17, 15) is 0 Å². The third kappa shape index (κ3) is 3.23. The zero-order valence-electron chi connectivity index (χ0n) is 12.2. The number of aromatic nitrogens is 4. The van der Waals surface area contributed by atoms with E-state index < -0.39 is 0 Å². The van der Waals surface area contributed by atoms with Gasteiger partial charge < -0.3 is 10.3 Å². The summed E-state index contributed by atoms with van der Waals surface area (Å²) in [7, 11) is 0. The van der Waals surface area contributed by atoms with Crippen molar-refractivity contribution in [1.29, 1.82) is 0 Å². The van der Waals surface area contributed by atoms with Crippen LogP contribution in [0, 0.1) is 13.8 Å². The van der Waals surface area contributed by atoms with Crippen molar-refractivity contribution in [3.8, 4) is 0 Å². The Bertz CT molecular complexity index is 544. The molecule has 0 aliphatic carbocycles. The highest BCUT2D eigenvalue weighted by Gasteiger charge is 2.18. The number of rotatable bonds is 5. The van der Waals surface area contributed by atoms with Gasteiger partial charge in [-0.25, -0.2) is 4.98 Å². The van der Waals surface area contributed by atoms with Crippen LogP contribution in [0.1, 0.15) is 37.4 Å². The summed E-state index contributed by atoms with van der Waals surface area (Å²) < 4.78 is 4.19. The van der Waals surface area contributed by atoms with E-state index in [0.29, 0.717) is 0 Å². The lowest BCUT2D eigenvalue weighted by molar-refractivity contribution is 0.462. The van der Waals surface area contributed by atoms with Crippen molar-refractivity contribution in [2.24, 2.45) is 5.73 Å². The summed E-state index contributed by atoms with van der Waals surface area (Å²) in [6.45, 7) is 9.94. The summed E-state index contributed by atoms with van der Waals surface area (Å²) in [4.78, 5) is 4.20. The molecule has 0 aliphatic heterocycles. The van der Waals surface area contributed by atoms with Gasteiger partial charge >= 0.3 is 0 Å². The van der Waals surface area contributed by atoms with Crippen LogP contribution in [0.5, 0.6) is 0 Å². The molecule has 0 amide bonds. The lowest BCUT2D eigenvalue weighted by atomic mass is 10.0. The lowest BCUT2D eigenvalue weighted by Crippen LogP contribution is -2.31. The van der Waals surface area contributed by atoms with Gasteiger partial charge in [-0.3, -0.25) is 4.68 Å². The van der Waals surface area contributed by atoms with Gasteiger partial charge in [-0.2, -0.15) is 5.10 Å². The molecule has 104 valence electrons. The summed E-state index contributed by atoms with van der Waals surface area (Å²) in [5.74, 6) is 0. The predicted molar refractivity (Wildman–Crippen MR) is 75.8 cm³/mol. The van der Waals surface area contributed by atoms with E-state index in [0.717, 1.165) is 30.9 Å². The van der Waals surface area contributed by atoms with Crippen LogP contribution in [0.25, 0.3) is 0 Å². The Hall–Kier alpha value is -1.62. The van der Waals surface area contributed by atoms with E-state index in [1.54, 1.807) is 0 Å². The zero-order valence-corrected chi connectivity index (χ0v) is 12.2. The normalized spacial score (nSPS) is 12.1. The van der Waals surface area contributed by atoms with Crippen molar-refractivity contribution in [3.63, 3.8) is 0 Å². The maximum atomic E-state index is 6.13. The summed E-state index contributed by atoms with van der Waals surface area (Å²) in [5, 5.41) is 4.47. The van der Waals surface area contributed by atoms with Crippen LogP contribution < -0.4 is 5.73 Å². The highest BCUT2D eigenvalue weighted by atomic mass is 15.3. The average Bonchev–Trinajstić information content (AvgIpc) is 2.85. The molecule has 5 nitrogen and oxygen atoms in total. The number of nitrogens with zero attached hydrogens (tertiary/aromatic N) is 4. The Morgan fingerprint density at radius 1 is 1.26 bits per heavy atom. The minimum Gasteiger partial charge on any atom is -0.333 e. The molecule has 0 aromatic carbocycles. The van der Waals surface area contributed by atoms with Crippen LogP contribution >= 0.6 is 0 Å². The Morgan fingerprint density at radius 2 is 2.00 bits per heavy atom. The second kappa shape index (κ2) is 5.17. The van der Waals surface area contributed by atoms with Gasteiger partial charge in [0, 0.05) is 25.0 Å². The van der Waals surface area contributed by atoms with Gasteiger partial charge in [0.05, 0.1) is 23.3 Å². The standard InChI is InChI=1S/C14H23N5/c1-11-8-12(2)19(17-11)7-5-6-18-10-16-9-13(18)14(3,4)15/h8-10H,5-7,15H2,1-4H3. The predicted octanol–water partition coefficient (Wildman–Crippen LogP) is 1.98. The smallest absolute Gasteiger partial charge is 0.0948 e. The van der Waals surface area contributed by atoms with Crippen LogP contribution in [0.3, 0.4) is 0 Å². The monoisotopic (exact) mass is 261 g/mol. The highest BCUT2D eigenvalue weighted by Crippen LogP contribution is 2.16. The van der Waals surface area contributed by atoms with Crippen LogP contribution in [0.2, 0.25) is 0 Å². The number of hydrogen-bond acceptors (Lipinski definition) is 3. The van der Waals surface area contributed by atoms with Crippen molar-refractivity contribution in [1.82, 2.24) is 19.3 Å². The van der Waals surface area contributed by atoms with Crippen molar-refractivity contribution in [3.05, 3.63) is 35.7 Å². The van der Waals surface area contributed by atoms with E-state index in [-0.39, 0.29) is 5.54 Å². The van der Waals surface area contributed by atoms with Gasteiger partial charge in [0.25, 0.3) is 0 Å². The number of imidazole rings is 1. The topological polar surface area (TPSA) is 61.7 Å². The molecule has 0 fully saturated rings. The fourth-order valence-corrected chi connectivity index (χ4v) is 2.33. The minimum absolute atomic E-state index is 0.352. The Balaban J connectivity index is 1.97. The maximum Gasteiger partial charge on any atom is 0.0948 e. The first-order valence-electron chi connectivity index (χ1n) is 6.68. The van der Waals surface area contributed by atoms with Crippen LogP contribution in [0.15, 0.2) is 18.6 Å². The Labute approximate surface area is 114 Å². The average molecular weight is 261 g/mol. The molecule has 5 heteroatoms. The molecule has 0 saturated heterocycles. The third-order valence-electron chi connectivity index (χ3n) is 3.24. The fourth-order valence-electron chi connectivity index (χ4n) is 2.33. The third-order valence-corrected chi connectivity index (χ3v) is 3.24. The summed E-state index contributed by atoms with van der Waals surface area (Å²) in [6, 6.07) is 2.10. The molecule has 0 bridgehead atoms. The SMILES string of the molecule is Cc1cc(C)n(CCCn2cncc2C(C)(C)N)n1. The highest BCUT2D eigenvalue weighted by molar-refractivity contribution is 5.10. The van der Waals surface area contributed by atoms with E-state index >= 15 is 0 Å². The van der Waals surface area contributed by atoms with Crippen molar-refractivity contribution in [2.45, 2.75) is 52.7 Å². The number of aryl methyl sites for hydroxylation is 4. The molecular weight excluding hydrogens is 238 g/mol. The van der Waals surface area contributed by atoms with E-state index in [1.807, 2.05) is 33.3 Å². The Morgan fingerprint density at radius 3 is 2.58 bits per heavy atom. The molecule has 19 heavy (non-hydrogen) atoms. The van der Waals surface area contributed by atoms with E-state index in [2.05, 4.69) is 32.3 Å². The summed E-state index contributed by atoms with van der Waals surface area (Å²) >= 11 is 0. The first-order valence-corrected chi connectivity index (χ1v) is 6.68. The molecule has 0 aliphatic rings. The number of nitrogens with two attached hydrogens (primary N) is 1. The van der Waals surface area contributed by atoms with Crippen molar-refractivity contribution in [2.75, 3.05) is 0 Å². The largest absolute Gasteiger partial charge is 0.333 e. The van der Waals surface area contributed by atoms with Gasteiger partial charge in [-0.15, -0.1) is 0 Å². The zero-order chi connectivity index (χ0) is 14.0. The van der Waals surface area contributed by atoms with Crippen molar-refractivity contribution >= 4 is 0 Å². The second-order valence-electron chi connectivity index (χ2n) is 5.70. The molecule has 2 rings (SSSR count). The van der Waals surface area contributed by atoms with Gasteiger partial charge in [0.2, 0.25) is 0 Å². The minimum atomic E-state index is -0.352. The molecule has 0 unspecified atom stereocenters. The van der Waals surface area contributed by atoms with Crippen LogP contribution in [0.4, 0.5) is 0 Å². The van der Waals surface area contributed by atoms with Crippen LogP contribution in [-0.4, -0.2) is 19.3 Å². The molecule has 0 atom stereocenters. The molecular formula is C14H23N5. The van der Waals surface area contributed by atoms with Gasteiger partial charge in [-0.1, -0.05) is 0 Å². The van der Waals surface area contributed by atoms with Crippen LogP contribution in [-0.2, 0) is 18.6 Å². The van der Waals surface area contributed by atoms with Crippen molar-refractivity contribution < 1.29 is 0 Å². The second-order valence-corrected chi connectivity index (χ2v) is 5.70. The maximum absolute atomic E-state index is 6.13. The lowest BCUT2D eigenvalue weighted by Gasteiger charge is -2.20. The van der Waals surface area contributed by atoms with Gasteiger partial charge in [0.15, 0.2) is 0 Å². The fraction of sp³-hybridized carbons (Fsp3) is 0.571. The van der Waals surface area contributed by atoms with Gasteiger partial charge in [0.1, 0.15) is 0 Å². The first kappa shape index (κ1) is 13.8. The molecule has 2 aromatic rings. The molecule has 2 heterocycles. The molecule has 0 radical (unpaired) electrons. The Kier molecular flexibility index (Phi) is 3.75. The van der Waals surface area contributed by atoms with E-state index in [4.69, 9.17) is 5.73 Å². The van der Waals surface area contributed by atoms with Gasteiger partial charge in [-0.05, 0) is 40.2 Å². The van der Waals surface area contributed by atoms with E-state index in [1.165, 1.54) is 5.69 Å². The number of hydrogen-bond donors (Lipinski definition) is 1. The molecule has 0 spiro atoms. The quantitative estimate of drug-likeness (QED) is 0.895. The summed E-state index contributed by atoms with van der Waals surface area (Å²) in [6.07, 6.45) is 4.72. The molecule has 2 N–H and O–H groups in total. The molecule has 2 aromatic heterocycles. The first-order chi connectivity index (χ1) is 8.88. The summed E-state index contributed by atoms with van der Waals surface area (Å²) in [5.41, 5.74) is 9.14.